The van der Waals surface area contributed by atoms with Crippen LogP contribution in [0, 0.1) is 38.5 Å². The Kier molecular flexibility index (Phi) is 17.6. The van der Waals surface area contributed by atoms with Crippen LogP contribution in [0.15, 0.2) is 146 Å². The van der Waals surface area contributed by atoms with E-state index in [0.717, 1.165) is 22.4 Å². The summed E-state index contributed by atoms with van der Waals surface area (Å²) in [5, 5.41) is 5.45. The Morgan fingerprint density at radius 2 is 0.645 bits per heavy atom. The number of rotatable bonds is 6. The normalized spacial score (nSPS) is 11.2. The van der Waals surface area contributed by atoms with Gasteiger partial charge in [0.05, 0.1) is 0 Å². The molecule has 0 saturated carbocycles. The van der Waals surface area contributed by atoms with Crippen molar-refractivity contribution in [3.05, 3.63) is 179 Å². The predicted octanol–water partition coefficient (Wildman–Crippen LogP) is 18.4. The number of halogens is 2. The summed E-state index contributed by atoms with van der Waals surface area (Å²) in [6.45, 7) is 26.7. The first-order valence-corrected chi connectivity index (χ1v) is 30.0. The zero-order valence-corrected chi connectivity index (χ0v) is 44.0. The molecule has 0 aliphatic heterocycles. The quantitative estimate of drug-likeness (QED) is 0.115. The molecule has 0 aromatic heterocycles. The molecule has 0 heterocycles. The van der Waals surface area contributed by atoms with Crippen LogP contribution in [-0.2, 0) is 33.7 Å². The zero-order chi connectivity index (χ0) is 45.2. The molecule has 0 aliphatic carbocycles. The van der Waals surface area contributed by atoms with Gasteiger partial charge in [-0.3, -0.25) is 0 Å². The van der Waals surface area contributed by atoms with Crippen molar-refractivity contribution in [2.75, 3.05) is 0 Å². The average Bonchev–Trinajstić information content (AvgIpc) is 3.82. The standard InChI is InChI=1S/2C28H29.C2H6Si.2ClH.Zr/c2*1-19-6-10-22(11-7-19)24-14-15-25(23-12-8-20(2)9-13-23)27-17-21(16-26(24)27)18-28(3,4)5;1-3-2;;;/h2*6-17H,18H2,1-5H3;1-2H3;2*1H;/q2*-1;;;;+4/p-2. The fraction of sp³-hybridized carbons (Fsp3) is 0.276. The molecule has 0 spiro atoms. The third-order valence-corrected chi connectivity index (χ3v) is 10.8. The van der Waals surface area contributed by atoms with Gasteiger partial charge in [-0.1, -0.05) is 232 Å². The topological polar surface area (TPSA) is 0 Å². The molecule has 0 saturated heterocycles. The van der Waals surface area contributed by atoms with Gasteiger partial charge in [-0.15, -0.1) is 44.8 Å². The molecule has 4 heteroatoms. The van der Waals surface area contributed by atoms with Crippen molar-refractivity contribution in [2.45, 2.75) is 95.2 Å². The van der Waals surface area contributed by atoms with Crippen LogP contribution in [0.3, 0.4) is 0 Å². The Labute approximate surface area is 395 Å². The van der Waals surface area contributed by atoms with Gasteiger partial charge < -0.3 is 0 Å². The molecule has 0 N–H and O–H groups in total. The van der Waals surface area contributed by atoms with Crippen molar-refractivity contribution in [1.29, 1.82) is 0 Å². The summed E-state index contributed by atoms with van der Waals surface area (Å²) in [6.07, 6.45) is 2.17. The van der Waals surface area contributed by atoms with Crippen molar-refractivity contribution in [3.63, 3.8) is 0 Å². The fourth-order valence-electron chi connectivity index (χ4n) is 8.09. The summed E-state index contributed by atoms with van der Waals surface area (Å²) in [6, 6.07) is 54.4. The maximum atomic E-state index is 4.93. The second-order valence-electron chi connectivity index (χ2n) is 19.2. The van der Waals surface area contributed by atoms with E-state index < -0.39 is 20.8 Å². The second kappa shape index (κ2) is 22.2. The van der Waals surface area contributed by atoms with Crippen molar-refractivity contribution >= 4 is 48.1 Å². The van der Waals surface area contributed by atoms with E-state index in [9.17, 15) is 0 Å². The van der Waals surface area contributed by atoms with Crippen molar-refractivity contribution in [2.24, 2.45) is 10.8 Å². The molecule has 0 unspecified atom stereocenters. The fourth-order valence-corrected chi connectivity index (χ4v) is 8.09. The summed E-state index contributed by atoms with van der Waals surface area (Å²) in [5.41, 5.74) is 19.1. The molecule has 0 fully saturated rings. The summed E-state index contributed by atoms with van der Waals surface area (Å²) >= 11 is -0.826. The molecule has 0 nitrogen and oxygen atoms in total. The van der Waals surface area contributed by atoms with E-state index in [1.807, 2.05) is 0 Å². The molecule has 8 rings (SSSR count). The van der Waals surface area contributed by atoms with Crippen LogP contribution < -0.4 is 0 Å². The summed E-state index contributed by atoms with van der Waals surface area (Å²) in [4.78, 5) is 0. The third kappa shape index (κ3) is 13.6. The molecule has 0 aliphatic rings. The van der Waals surface area contributed by atoms with Gasteiger partial charge in [-0.25, -0.2) is 0 Å². The van der Waals surface area contributed by atoms with Crippen LogP contribution in [0.4, 0.5) is 0 Å². The Morgan fingerprint density at radius 3 is 0.887 bits per heavy atom. The van der Waals surface area contributed by atoms with Gasteiger partial charge in [0, 0.05) is 9.52 Å². The monoisotopic (exact) mass is 948 g/mol. The van der Waals surface area contributed by atoms with Crippen LogP contribution in [0.1, 0.15) is 74.9 Å². The van der Waals surface area contributed by atoms with Crippen LogP contribution in [-0.4, -0.2) is 9.52 Å². The number of fused-ring (bicyclic) bond motifs is 2. The molecule has 2 radical (unpaired) electrons. The zero-order valence-electron chi connectivity index (χ0n) is 39.0. The summed E-state index contributed by atoms with van der Waals surface area (Å²) in [5.74, 6) is 0. The molecule has 62 heavy (non-hydrogen) atoms. The van der Waals surface area contributed by atoms with Gasteiger partial charge in [0.2, 0.25) is 0 Å². The van der Waals surface area contributed by atoms with Crippen LogP contribution in [0.5, 0.6) is 0 Å². The first-order chi connectivity index (χ1) is 29.4. The van der Waals surface area contributed by atoms with Crippen molar-refractivity contribution in [1.82, 2.24) is 0 Å². The molecule has 8 aromatic carbocycles. The summed E-state index contributed by atoms with van der Waals surface area (Å²) in [7, 11) is 11.0. The van der Waals surface area contributed by atoms with Crippen molar-refractivity contribution in [3.8, 4) is 44.5 Å². The van der Waals surface area contributed by atoms with Crippen molar-refractivity contribution < 1.29 is 20.8 Å². The van der Waals surface area contributed by atoms with Gasteiger partial charge in [0.25, 0.3) is 0 Å². The Morgan fingerprint density at radius 1 is 0.419 bits per heavy atom. The van der Waals surface area contributed by atoms with Crippen LogP contribution >= 0.6 is 17.0 Å². The van der Waals surface area contributed by atoms with Gasteiger partial charge >= 0.3 is 37.9 Å². The average molecular weight is 951 g/mol. The second-order valence-corrected chi connectivity index (χ2v) is 23.9. The molecule has 0 amide bonds. The van der Waals surface area contributed by atoms with Gasteiger partial charge in [0.1, 0.15) is 0 Å². The van der Waals surface area contributed by atoms with Crippen LogP contribution in [0.25, 0.3) is 66.1 Å². The van der Waals surface area contributed by atoms with Gasteiger partial charge in [-0.2, -0.15) is 12.1 Å². The molecule has 8 aromatic rings. The molecule has 0 bridgehead atoms. The van der Waals surface area contributed by atoms with E-state index in [1.165, 1.54) is 99.4 Å². The minimum absolute atomic E-state index is 0.276. The predicted molar refractivity (Wildman–Crippen MR) is 275 cm³/mol. The first kappa shape index (κ1) is 49.2. The Hall–Kier alpha value is -3.78. The molecule has 318 valence electrons. The maximum absolute atomic E-state index is 4.93. The van der Waals surface area contributed by atoms with Crippen LogP contribution in [0.2, 0.25) is 13.1 Å². The Balaban J connectivity index is 0.000000208. The van der Waals surface area contributed by atoms with E-state index >= 15 is 0 Å². The molecular weight excluding hydrogens is 887 g/mol. The number of hydrogen-bond donors (Lipinski definition) is 0. The van der Waals surface area contributed by atoms with Gasteiger partial charge in [0.15, 0.2) is 0 Å². The van der Waals surface area contributed by atoms with E-state index in [4.69, 9.17) is 17.0 Å². The van der Waals surface area contributed by atoms with E-state index in [0.29, 0.717) is 0 Å². The first-order valence-electron chi connectivity index (χ1n) is 21.7. The van der Waals surface area contributed by atoms with E-state index in [1.54, 1.807) is 0 Å². The Bertz CT molecular complexity index is 2280. The number of aryl methyl sites for hydroxylation is 4. The third-order valence-electron chi connectivity index (χ3n) is 10.8. The summed E-state index contributed by atoms with van der Waals surface area (Å²) < 4.78 is 0. The van der Waals surface area contributed by atoms with E-state index in [-0.39, 0.29) is 10.8 Å². The number of hydrogen-bond acceptors (Lipinski definition) is 0. The molecular formula is C58H64Cl2SiZr. The SMILES string of the molecule is C[Si]C.Cc1ccc(-c2ccc(-c3ccc(C)cc3)c3[cH-]c(CC(C)(C)C)cc23)cc1.Cc1ccc(-c2ccc(-c3ccc(C)cc3)c3[cH-]c(CC(C)(C)C)cc23)cc1.[Cl][Zr+2][Cl]. The van der Waals surface area contributed by atoms with E-state index in [2.05, 4.69) is 228 Å². The number of benzene rings is 6. The molecule has 0 atom stereocenters. The van der Waals surface area contributed by atoms with Gasteiger partial charge in [-0.05, 0) is 62.5 Å². The minimum atomic E-state index is -0.826.